The lowest BCUT2D eigenvalue weighted by Crippen LogP contribution is -2.28. The maximum atomic E-state index is 12.6. The number of aromatic nitrogens is 1. The lowest BCUT2D eigenvalue weighted by atomic mass is 10.1. The van der Waals surface area contributed by atoms with Crippen LogP contribution >= 0.6 is 0 Å². The van der Waals surface area contributed by atoms with Crippen LogP contribution in [0, 0.1) is 0 Å². The van der Waals surface area contributed by atoms with Crippen LogP contribution in [0.4, 0.5) is 11.4 Å². The van der Waals surface area contributed by atoms with E-state index in [-0.39, 0.29) is 11.7 Å². The van der Waals surface area contributed by atoms with Crippen molar-refractivity contribution in [2.75, 3.05) is 21.9 Å². The van der Waals surface area contributed by atoms with E-state index in [2.05, 4.69) is 9.71 Å². The van der Waals surface area contributed by atoms with E-state index in [1.165, 1.54) is 0 Å². The third kappa shape index (κ3) is 3.99. The summed E-state index contributed by atoms with van der Waals surface area (Å²) in [6.07, 6.45) is 5.35. The Kier molecular flexibility index (Phi) is 5.03. The molecule has 7 heteroatoms. The highest BCUT2D eigenvalue weighted by atomic mass is 32.2. The lowest BCUT2D eigenvalue weighted by Gasteiger charge is -2.17. The molecule has 2 heterocycles. The zero-order valence-electron chi connectivity index (χ0n) is 14.1. The number of sulfonamides is 1. The van der Waals surface area contributed by atoms with E-state index in [9.17, 15) is 13.2 Å². The molecule has 2 aromatic rings. The standard InChI is InChI=1S/C18H21N3O3S/c1-2-3-11-25(23,24)20-16-6-7-17-14(12-16)8-10-21(17)18(22)15-5-4-9-19-13-15/h4-7,9,12-13,20H,2-3,8,10-11H2,1H3. The first-order valence-corrected chi connectivity index (χ1v) is 10.0. The largest absolute Gasteiger partial charge is 0.308 e. The monoisotopic (exact) mass is 359 g/mol. The summed E-state index contributed by atoms with van der Waals surface area (Å²) in [6.45, 7) is 2.54. The molecule has 6 nitrogen and oxygen atoms in total. The minimum Gasteiger partial charge on any atom is -0.308 e. The molecule has 0 aliphatic carbocycles. The molecule has 0 atom stereocenters. The summed E-state index contributed by atoms with van der Waals surface area (Å²) >= 11 is 0. The number of hydrogen-bond acceptors (Lipinski definition) is 4. The SMILES string of the molecule is CCCCS(=O)(=O)Nc1ccc2c(c1)CCN2C(=O)c1cccnc1. The summed E-state index contributed by atoms with van der Waals surface area (Å²) in [5.74, 6) is 0.0229. The molecule has 132 valence electrons. The number of fused-ring (bicyclic) bond motifs is 1. The smallest absolute Gasteiger partial charge is 0.259 e. The fraction of sp³-hybridized carbons (Fsp3) is 0.333. The van der Waals surface area contributed by atoms with Crippen LogP contribution in [0.5, 0.6) is 0 Å². The zero-order valence-corrected chi connectivity index (χ0v) is 14.9. The van der Waals surface area contributed by atoms with Crippen molar-refractivity contribution in [1.29, 1.82) is 0 Å². The zero-order chi connectivity index (χ0) is 17.9. The van der Waals surface area contributed by atoms with Gasteiger partial charge < -0.3 is 4.90 Å². The van der Waals surface area contributed by atoms with Crippen molar-refractivity contribution in [3.63, 3.8) is 0 Å². The van der Waals surface area contributed by atoms with Gasteiger partial charge in [-0.25, -0.2) is 8.42 Å². The topological polar surface area (TPSA) is 79.4 Å². The molecule has 0 spiro atoms. The molecule has 1 N–H and O–H groups in total. The van der Waals surface area contributed by atoms with E-state index in [0.29, 0.717) is 30.6 Å². The first-order chi connectivity index (χ1) is 12.0. The maximum absolute atomic E-state index is 12.6. The number of benzene rings is 1. The maximum Gasteiger partial charge on any atom is 0.259 e. The minimum atomic E-state index is -3.33. The van der Waals surface area contributed by atoms with Crippen molar-refractivity contribution in [2.45, 2.75) is 26.2 Å². The van der Waals surface area contributed by atoms with Crippen molar-refractivity contribution >= 4 is 27.3 Å². The third-order valence-electron chi connectivity index (χ3n) is 4.17. The molecule has 1 aromatic heterocycles. The first kappa shape index (κ1) is 17.4. The van der Waals surface area contributed by atoms with Gasteiger partial charge in [0.05, 0.1) is 11.3 Å². The molecule has 25 heavy (non-hydrogen) atoms. The van der Waals surface area contributed by atoms with Gasteiger partial charge in [0.2, 0.25) is 10.0 Å². The highest BCUT2D eigenvalue weighted by molar-refractivity contribution is 7.92. The van der Waals surface area contributed by atoms with Gasteiger partial charge in [-0.1, -0.05) is 13.3 Å². The average Bonchev–Trinajstić information content (AvgIpc) is 3.03. The van der Waals surface area contributed by atoms with Gasteiger partial charge in [0, 0.05) is 30.3 Å². The van der Waals surface area contributed by atoms with E-state index < -0.39 is 10.0 Å². The Labute approximate surface area is 147 Å². The second kappa shape index (κ2) is 7.23. The Hall–Kier alpha value is -2.41. The predicted octanol–water partition coefficient (Wildman–Crippen LogP) is 2.83. The van der Waals surface area contributed by atoms with Gasteiger partial charge in [0.25, 0.3) is 5.91 Å². The predicted molar refractivity (Wildman–Crippen MR) is 98.4 cm³/mol. The van der Waals surface area contributed by atoms with Crippen LogP contribution in [-0.4, -0.2) is 31.6 Å². The molecule has 1 aliphatic heterocycles. The second-order valence-corrected chi connectivity index (χ2v) is 7.91. The number of amides is 1. The van der Waals surface area contributed by atoms with Crippen molar-refractivity contribution in [1.82, 2.24) is 4.98 Å². The van der Waals surface area contributed by atoms with E-state index >= 15 is 0 Å². The number of nitrogens with zero attached hydrogens (tertiary/aromatic N) is 2. The van der Waals surface area contributed by atoms with Gasteiger partial charge in [0.15, 0.2) is 0 Å². The number of carbonyl (C=O) groups excluding carboxylic acids is 1. The summed E-state index contributed by atoms with van der Waals surface area (Å²) in [4.78, 5) is 18.3. The third-order valence-corrected chi connectivity index (χ3v) is 5.54. The van der Waals surface area contributed by atoms with Crippen LogP contribution in [0.15, 0.2) is 42.7 Å². The number of rotatable bonds is 6. The lowest BCUT2D eigenvalue weighted by molar-refractivity contribution is 0.0989. The molecule has 0 saturated carbocycles. The quantitative estimate of drug-likeness (QED) is 0.860. The van der Waals surface area contributed by atoms with Gasteiger partial charge in [-0.05, 0) is 48.7 Å². The number of hydrogen-bond donors (Lipinski definition) is 1. The van der Waals surface area contributed by atoms with Gasteiger partial charge in [-0.3, -0.25) is 14.5 Å². The fourth-order valence-electron chi connectivity index (χ4n) is 2.89. The average molecular weight is 359 g/mol. The highest BCUT2D eigenvalue weighted by Crippen LogP contribution is 2.31. The Morgan fingerprint density at radius 3 is 2.88 bits per heavy atom. The number of nitrogens with one attached hydrogen (secondary N) is 1. The number of anilines is 2. The van der Waals surface area contributed by atoms with Crippen molar-refractivity contribution in [2.24, 2.45) is 0 Å². The molecule has 0 bridgehead atoms. The summed E-state index contributed by atoms with van der Waals surface area (Å²) in [5.41, 5.74) is 2.88. The number of pyridine rings is 1. The summed E-state index contributed by atoms with van der Waals surface area (Å²) in [5, 5.41) is 0. The molecule has 3 rings (SSSR count). The van der Waals surface area contributed by atoms with Crippen LogP contribution in [-0.2, 0) is 16.4 Å². The minimum absolute atomic E-state index is 0.0943. The molecule has 1 amide bonds. The molecule has 1 aromatic carbocycles. The van der Waals surface area contributed by atoms with Crippen LogP contribution in [0.25, 0.3) is 0 Å². The Balaban J connectivity index is 1.78. The van der Waals surface area contributed by atoms with Crippen molar-refractivity contribution < 1.29 is 13.2 Å². The molecule has 0 radical (unpaired) electrons. The van der Waals surface area contributed by atoms with E-state index in [1.54, 1.807) is 41.6 Å². The summed E-state index contributed by atoms with van der Waals surface area (Å²) in [7, 11) is -3.33. The van der Waals surface area contributed by atoms with Gasteiger partial charge in [-0.2, -0.15) is 0 Å². The van der Waals surface area contributed by atoms with Crippen molar-refractivity contribution in [3.05, 3.63) is 53.9 Å². The second-order valence-electron chi connectivity index (χ2n) is 6.07. The van der Waals surface area contributed by atoms with Gasteiger partial charge in [-0.15, -0.1) is 0 Å². The molecular formula is C18H21N3O3S. The van der Waals surface area contributed by atoms with Crippen molar-refractivity contribution in [3.8, 4) is 0 Å². The molecule has 1 aliphatic rings. The Bertz CT molecular complexity index is 866. The number of carbonyl (C=O) groups is 1. The van der Waals surface area contributed by atoms with E-state index in [1.807, 2.05) is 13.0 Å². The van der Waals surface area contributed by atoms with E-state index in [4.69, 9.17) is 0 Å². The normalized spacial score (nSPS) is 13.6. The van der Waals surface area contributed by atoms with Crippen LogP contribution < -0.4 is 9.62 Å². The van der Waals surface area contributed by atoms with E-state index in [0.717, 1.165) is 17.7 Å². The molecule has 0 saturated heterocycles. The molecule has 0 fully saturated rings. The Morgan fingerprint density at radius 1 is 1.32 bits per heavy atom. The van der Waals surface area contributed by atoms with Gasteiger partial charge >= 0.3 is 0 Å². The highest BCUT2D eigenvalue weighted by Gasteiger charge is 2.26. The van der Waals surface area contributed by atoms with Crippen LogP contribution in [0.3, 0.4) is 0 Å². The Morgan fingerprint density at radius 2 is 2.16 bits per heavy atom. The first-order valence-electron chi connectivity index (χ1n) is 8.35. The summed E-state index contributed by atoms with van der Waals surface area (Å²) < 4.78 is 26.7. The van der Waals surface area contributed by atoms with Crippen LogP contribution in [0.2, 0.25) is 0 Å². The van der Waals surface area contributed by atoms with Crippen LogP contribution in [0.1, 0.15) is 35.7 Å². The fourth-order valence-corrected chi connectivity index (χ4v) is 4.14. The molecular weight excluding hydrogens is 338 g/mol. The molecule has 0 unspecified atom stereocenters. The van der Waals surface area contributed by atoms with Gasteiger partial charge in [0.1, 0.15) is 0 Å². The summed E-state index contributed by atoms with van der Waals surface area (Å²) in [6, 6.07) is 8.79. The number of unbranched alkanes of at least 4 members (excludes halogenated alkanes) is 1.